The molecule has 1 heterocycles. The van der Waals surface area contributed by atoms with E-state index in [0.717, 1.165) is 0 Å². The largest absolute Gasteiger partial charge is 0.467 e. The molecule has 8 heteroatoms. The molecule has 1 fully saturated rings. The van der Waals surface area contributed by atoms with Crippen molar-refractivity contribution in [2.75, 3.05) is 13.7 Å². The number of carbonyl (C=O) groups excluding carboxylic acids is 3. The molecule has 0 radical (unpaired) electrons. The third-order valence-electron chi connectivity index (χ3n) is 4.14. The van der Waals surface area contributed by atoms with E-state index in [1.54, 1.807) is 0 Å². The van der Waals surface area contributed by atoms with Crippen LogP contribution in [0.4, 0.5) is 4.39 Å². The van der Waals surface area contributed by atoms with Gasteiger partial charge in [0.05, 0.1) is 13.2 Å². The van der Waals surface area contributed by atoms with Gasteiger partial charge in [-0.3, -0.25) is 9.59 Å². The second kappa shape index (κ2) is 8.06. The monoisotopic (exact) mass is 352 g/mol. The SMILES string of the molecule is COC(=O)[C@H](Cc1ccc(F)cc1)NC(=O)[C@@H]1C[C@@H](O)CN1C(C)=O. The molecule has 1 aromatic rings. The zero-order valence-electron chi connectivity index (χ0n) is 14.1. The number of β-amino-alcohol motifs (C(OH)–C–C–N with tert-alkyl or cyclic N) is 1. The number of hydrogen-bond acceptors (Lipinski definition) is 5. The zero-order chi connectivity index (χ0) is 18.6. The van der Waals surface area contributed by atoms with Crippen LogP contribution in [0.2, 0.25) is 0 Å². The minimum absolute atomic E-state index is 0.0777. The van der Waals surface area contributed by atoms with E-state index in [1.807, 2.05) is 0 Å². The van der Waals surface area contributed by atoms with E-state index in [-0.39, 0.29) is 25.3 Å². The third kappa shape index (κ3) is 4.76. The van der Waals surface area contributed by atoms with Crippen LogP contribution in [-0.4, -0.2) is 59.6 Å². The molecule has 1 aliphatic heterocycles. The van der Waals surface area contributed by atoms with Gasteiger partial charge in [0.25, 0.3) is 0 Å². The topological polar surface area (TPSA) is 95.9 Å². The fraction of sp³-hybridized carbons (Fsp3) is 0.471. The molecule has 2 rings (SSSR count). The molecule has 1 aliphatic rings. The van der Waals surface area contributed by atoms with Crippen LogP contribution in [0.3, 0.4) is 0 Å². The third-order valence-corrected chi connectivity index (χ3v) is 4.14. The van der Waals surface area contributed by atoms with Crippen LogP contribution in [0, 0.1) is 5.82 Å². The van der Waals surface area contributed by atoms with Crippen LogP contribution < -0.4 is 5.32 Å². The van der Waals surface area contributed by atoms with E-state index in [9.17, 15) is 23.9 Å². The van der Waals surface area contributed by atoms with E-state index in [4.69, 9.17) is 4.74 Å². The number of methoxy groups -OCH3 is 1. The van der Waals surface area contributed by atoms with E-state index < -0.39 is 35.9 Å². The molecule has 0 unspecified atom stereocenters. The van der Waals surface area contributed by atoms with Crippen LogP contribution in [0.15, 0.2) is 24.3 Å². The summed E-state index contributed by atoms with van der Waals surface area (Å²) in [6, 6.07) is 3.73. The lowest BCUT2D eigenvalue weighted by Crippen LogP contribution is -2.51. The number of carbonyl (C=O) groups is 3. The molecule has 3 atom stereocenters. The molecule has 0 spiro atoms. The van der Waals surface area contributed by atoms with E-state index in [0.29, 0.717) is 5.56 Å². The van der Waals surface area contributed by atoms with Crippen LogP contribution in [0.1, 0.15) is 18.9 Å². The van der Waals surface area contributed by atoms with Gasteiger partial charge in [-0.15, -0.1) is 0 Å². The summed E-state index contributed by atoms with van der Waals surface area (Å²) < 4.78 is 17.7. The van der Waals surface area contributed by atoms with Crippen LogP contribution in [-0.2, 0) is 25.5 Å². The summed E-state index contributed by atoms with van der Waals surface area (Å²) >= 11 is 0. The number of rotatable bonds is 5. The van der Waals surface area contributed by atoms with Crippen molar-refractivity contribution in [2.24, 2.45) is 0 Å². The van der Waals surface area contributed by atoms with E-state index in [2.05, 4.69) is 5.32 Å². The highest BCUT2D eigenvalue weighted by atomic mass is 19.1. The first-order valence-corrected chi connectivity index (χ1v) is 7.89. The van der Waals surface area contributed by atoms with Gasteiger partial charge >= 0.3 is 5.97 Å². The Morgan fingerprint density at radius 2 is 2.00 bits per heavy atom. The summed E-state index contributed by atoms with van der Waals surface area (Å²) in [6.45, 7) is 1.39. The van der Waals surface area contributed by atoms with Crippen LogP contribution in [0.5, 0.6) is 0 Å². The number of halogens is 1. The maximum Gasteiger partial charge on any atom is 0.328 e. The molecule has 2 N–H and O–H groups in total. The Morgan fingerprint density at radius 1 is 1.36 bits per heavy atom. The number of ether oxygens (including phenoxy) is 1. The molecule has 136 valence electrons. The molecule has 1 saturated heterocycles. The molecule has 0 aromatic heterocycles. The van der Waals surface area contributed by atoms with Crippen molar-refractivity contribution in [1.29, 1.82) is 0 Å². The maximum absolute atomic E-state index is 13.0. The lowest BCUT2D eigenvalue weighted by molar-refractivity contribution is -0.146. The predicted molar refractivity (Wildman–Crippen MR) is 85.8 cm³/mol. The van der Waals surface area contributed by atoms with Gasteiger partial charge in [-0.2, -0.15) is 0 Å². The zero-order valence-corrected chi connectivity index (χ0v) is 14.1. The number of aliphatic hydroxyl groups is 1. The Hall–Kier alpha value is -2.48. The number of amides is 2. The number of esters is 1. The Labute approximate surface area is 144 Å². The van der Waals surface area contributed by atoms with E-state index >= 15 is 0 Å². The Balaban J connectivity index is 2.10. The molecule has 25 heavy (non-hydrogen) atoms. The molecule has 0 aliphatic carbocycles. The minimum atomic E-state index is -0.977. The van der Waals surface area contributed by atoms with Crippen molar-refractivity contribution in [3.05, 3.63) is 35.6 Å². The first-order valence-electron chi connectivity index (χ1n) is 7.89. The standard InChI is InChI=1S/C17H21FN2O5/c1-10(21)20-9-13(22)8-15(20)16(23)19-14(17(24)25-2)7-11-3-5-12(18)6-4-11/h3-6,13-15,22H,7-9H2,1-2H3,(H,19,23)/t13-,14+,15+/m1/s1. The summed E-state index contributed by atoms with van der Waals surface area (Å²) in [7, 11) is 1.20. The van der Waals surface area contributed by atoms with Gasteiger partial charge in [0.15, 0.2) is 0 Å². The highest BCUT2D eigenvalue weighted by Gasteiger charge is 2.38. The molecule has 1 aromatic carbocycles. The summed E-state index contributed by atoms with van der Waals surface area (Å²) in [5.41, 5.74) is 0.645. The van der Waals surface area contributed by atoms with Gasteiger partial charge in [-0.05, 0) is 17.7 Å². The van der Waals surface area contributed by atoms with Crippen molar-refractivity contribution >= 4 is 17.8 Å². The van der Waals surface area contributed by atoms with Crippen molar-refractivity contribution in [2.45, 2.75) is 38.0 Å². The number of hydrogen-bond donors (Lipinski definition) is 2. The lowest BCUT2D eigenvalue weighted by Gasteiger charge is -2.24. The van der Waals surface area contributed by atoms with Crippen molar-refractivity contribution in [1.82, 2.24) is 10.2 Å². The number of benzene rings is 1. The normalized spacial score (nSPS) is 20.9. The number of aliphatic hydroxyl groups excluding tert-OH is 1. The van der Waals surface area contributed by atoms with Crippen molar-refractivity contribution in [3.8, 4) is 0 Å². The fourth-order valence-electron chi connectivity index (χ4n) is 2.87. The smallest absolute Gasteiger partial charge is 0.328 e. The maximum atomic E-state index is 13.0. The summed E-state index contributed by atoms with van der Waals surface area (Å²) in [5.74, 6) is -1.92. The Bertz CT molecular complexity index is 649. The second-order valence-electron chi connectivity index (χ2n) is 5.99. The average Bonchev–Trinajstić information content (AvgIpc) is 2.97. The quantitative estimate of drug-likeness (QED) is 0.728. The lowest BCUT2D eigenvalue weighted by atomic mass is 10.0. The molecular weight excluding hydrogens is 331 g/mol. The first-order chi connectivity index (χ1) is 11.8. The van der Waals surface area contributed by atoms with Gasteiger partial charge in [0, 0.05) is 26.3 Å². The number of likely N-dealkylation sites (tertiary alicyclic amines) is 1. The highest BCUT2D eigenvalue weighted by molar-refractivity contribution is 5.91. The highest BCUT2D eigenvalue weighted by Crippen LogP contribution is 2.18. The minimum Gasteiger partial charge on any atom is -0.467 e. The molecule has 2 amide bonds. The average molecular weight is 352 g/mol. The molecule has 0 saturated carbocycles. The first kappa shape index (κ1) is 18.9. The van der Waals surface area contributed by atoms with Gasteiger partial charge in [0.2, 0.25) is 11.8 Å². The predicted octanol–water partition coefficient (Wildman–Crippen LogP) is 0.00770. The van der Waals surface area contributed by atoms with Crippen LogP contribution in [0.25, 0.3) is 0 Å². The van der Waals surface area contributed by atoms with Gasteiger partial charge in [0.1, 0.15) is 17.9 Å². The second-order valence-corrected chi connectivity index (χ2v) is 5.99. The number of nitrogens with one attached hydrogen (secondary N) is 1. The van der Waals surface area contributed by atoms with Gasteiger partial charge < -0.3 is 20.1 Å². The van der Waals surface area contributed by atoms with Gasteiger partial charge in [-0.25, -0.2) is 9.18 Å². The van der Waals surface area contributed by atoms with Crippen LogP contribution >= 0.6 is 0 Å². The Morgan fingerprint density at radius 3 is 2.56 bits per heavy atom. The summed E-state index contributed by atoms with van der Waals surface area (Å²) in [5, 5.41) is 12.3. The summed E-state index contributed by atoms with van der Waals surface area (Å²) in [4.78, 5) is 37.4. The van der Waals surface area contributed by atoms with Gasteiger partial charge in [-0.1, -0.05) is 12.1 Å². The molecule has 7 nitrogen and oxygen atoms in total. The Kier molecular flexibility index (Phi) is 6.08. The summed E-state index contributed by atoms with van der Waals surface area (Å²) in [6.07, 6.45) is -0.558. The molecular formula is C17H21FN2O5. The fourth-order valence-corrected chi connectivity index (χ4v) is 2.87. The van der Waals surface area contributed by atoms with Crippen molar-refractivity contribution in [3.63, 3.8) is 0 Å². The van der Waals surface area contributed by atoms with Crippen molar-refractivity contribution < 1.29 is 28.6 Å². The number of nitrogens with zero attached hydrogens (tertiary/aromatic N) is 1. The van der Waals surface area contributed by atoms with E-state index in [1.165, 1.54) is 43.2 Å². The molecule has 0 bridgehead atoms.